The quantitative estimate of drug-likeness (QED) is 0.443. The van der Waals surface area contributed by atoms with Crippen molar-refractivity contribution in [1.82, 2.24) is 15.0 Å². The predicted octanol–water partition coefficient (Wildman–Crippen LogP) is 4.97. The number of aliphatic hydroxyl groups excluding tert-OH is 1. The summed E-state index contributed by atoms with van der Waals surface area (Å²) in [6.07, 6.45) is 2.10. The molecular weight excluding hydrogens is 432 g/mol. The molecule has 0 fully saturated rings. The number of thiazole rings is 1. The molecule has 1 N–H and O–H groups in total. The maximum Gasteiger partial charge on any atom is 0.233 e. The van der Waals surface area contributed by atoms with Gasteiger partial charge in [0.2, 0.25) is 5.91 Å². The monoisotopic (exact) mass is 456 g/mol. The summed E-state index contributed by atoms with van der Waals surface area (Å²) in [5.74, 6) is 1.71. The van der Waals surface area contributed by atoms with Gasteiger partial charge in [-0.1, -0.05) is 62.4 Å². The van der Waals surface area contributed by atoms with Crippen molar-refractivity contribution in [2.45, 2.75) is 39.3 Å². The molecule has 6 nitrogen and oxygen atoms in total. The molecule has 0 bridgehead atoms. The van der Waals surface area contributed by atoms with Crippen LogP contribution in [0.25, 0.3) is 22.6 Å². The minimum absolute atomic E-state index is 0.0250. The summed E-state index contributed by atoms with van der Waals surface area (Å²) in [5, 5.41) is 9.50. The van der Waals surface area contributed by atoms with Crippen molar-refractivity contribution >= 4 is 23.1 Å². The Hall–Kier alpha value is -3.42. The van der Waals surface area contributed by atoms with Gasteiger partial charge in [-0.25, -0.2) is 15.0 Å². The molecule has 0 unspecified atom stereocenters. The van der Waals surface area contributed by atoms with Crippen LogP contribution in [0.1, 0.15) is 41.3 Å². The first-order chi connectivity index (χ1) is 16.0. The summed E-state index contributed by atoms with van der Waals surface area (Å²) in [5.41, 5.74) is 7.55. The Labute approximate surface area is 196 Å². The van der Waals surface area contributed by atoms with E-state index in [1.54, 1.807) is 16.6 Å². The topological polar surface area (TPSA) is 79.2 Å². The highest BCUT2D eigenvalue weighted by atomic mass is 32.1. The Bertz CT molecular complexity index is 1310. The van der Waals surface area contributed by atoms with Crippen LogP contribution in [0.4, 0.5) is 5.82 Å². The lowest BCUT2D eigenvalue weighted by molar-refractivity contribution is -0.117. The Balaban J connectivity index is 1.44. The lowest BCUT2D eigenvalue weighted by atomic mass is 9.97. The summed E-state index contributed by atoms with van der Waals surface area (Å²) >= 11 is 1.44. The molecule has 1 aliphatic heterocycles. The van der Waals surface area contributed by atoms with Crippen LogP contribution in [0.2, 0.25) is 0 Å². The summed E-state index contributed by atoms with van der Waals surface area (Å²) in [6.45, 7) is 4.72. The summed E-state index contributed by atoms with van der Waals surface area (Å²) in [4.78, 5) is 29.2. The van der Waals surface area contributed by atoms with E-state index in [0.717, 1.165) is 32.8 Å². The average Bonchev–Trinajstić information content (AvgIpc) is 3.43. The van der Waals surface area contributed by atoms with Crippen LogP contribution in [0.3, 0.4) is 0 Å². The first-order valence-corrected chi connectivity index (χ1v) is 11.8. The molecule has 0 aliphatic carbocycles. The minimum atomic E-state index is -0.0250. The third-order valence-electron chi connectivity index (χ3n) is 5.92. The van der Waals surface area contributed by atoms with Gasteiger partial charge in [0.05, 0.1) is 35.7 Å². The molecule has 5 rings (SSSR count). The molecule has 0 saturated carbocycles. The molecule has 166 valence electrons. The zero-order valence-electron chi connectivity index (χ0n) is 18.5. The lowest BCUT2D eigenvalue weighted by Gasteiger charge is -2.18. The minimum Gasteiger partial charge on any atom is -0.391 e. The van der Waals surface area contributed by atoms with Gasteiger partial charge >= 0.3 is 0 Å². The number of aliphatic hydroxyl groups is 1. The van der Waals surface area contributed by atoms with Crippen LogP contribution >= 0.6 is 11.3 Å². The van der Waals surface area contributed by atoms with Crippen LogP contribution in [-0.4, -0.2) is 26.0 Å². The van der Waals surface area contributed by atoms with Crippen molar-refractivity contribution in [3.63, 3.8) is 0 Å². The van der Waals surface area contributed by atoms with Crippen LogP contribution in [0.5, 0.6) is 0 Å². The van der Waals surface area contributed by atoms with Crippen LogP contribution in [0.15, 0.2) is 60.2 Å². The molecule has 1 aliphatic rings. The number of anilines is 1. The van der Waals surface area contributed by atoms with Crippen molar-refractivity contribution < 1.29 is 9.90 Å². The number of hydrogen-bond acceptors (Lipinski definition) is 6. The molecule has 4 aromatic rings. The van der Waals surface area contributed by atoms with Gasteiger partial charge in [0.15, 0.2) is 5.82 Å². The number of benzene rings is 2. The van der Waals surface area contributed by atoms with E-state index in [-0.39, 0.29) is 12.5 Å². The Morgan fingerprint density at radius 2 is 1.88 bits per heavy atom. The molecule has 33 heavy (non-hydrogen) atoms. The summed E-state index contributed by atoms with van der Waals surface area (Å²) < 4.78 is 0. The second-order valence-corrected chi connectivity index (χ2v) is 9.36. The number of carbonyl (C=O) groups is 1. The lowest BCUT2D eigenvalue weighted by Crippen LogP contribution is -2.26. The van der Waals surface area contributed by atoms with Gasteiger partial charge in [-0.2, -0.15) is 0 Å². The van der Waals surface area contributed by atoms with Crippen LogP contribution in [-0.2, 0) is 24.4 Å². The van der Waals surface area contributed by atoms with Gasteiger partial charge in [0, 0.05) is 22.9 Å². The van der Waals surface area contributed by atoms with Crippen molar-refractivity contribution in [3.05, 3.63) is 81.8 Å². The summed E-state index contributed by atoms with van der Waals surface area (Å²) in [7, 11) is 0. The molecular formula is C26H24N4O2S. The number of nitrogens with zero attached hydrogens (tertiary/aromatic N) is 4. The van der Waals surface area contributed by atoms with E-state index in [2.05, 4.69) is 29.9 Å². The third kappa shape index (κ3) is 4.05. The fourth-order valence-corrected chi connectivity index (χ4v) is 4.84. The van der Waals surface area contributed by atoms with Crippen molar-refractivity contribution in [3.8, 4) is 22.6 Å². The first kappa shape index (κ1) is 21.4. The Morgan fingerprint density at radius 1 is 1.09 bits per heavy atom. The molecule has 0 atom stereocenters. The zero-order valence-corrected chi connectivity index (χ0v) is 19.3. The van der Waals surface area contributed by atoms with E-state index in [1.807, 2.05) is 42.5 Å². The number of hydrogen-bond donors (Lipinski definition) is 1. The molecule has 2 aromatic heterocycles. The maximum atomic E-state index is 12.8. The van der Waals surface area contributed by atoms with E-state index in [4.69, 9.17) is 4.98 Å². The van der Waals surface area contributed by atoms with Crippen LogP contribution < -0.4 is 4.90 Å². The molecule has 0 spiro atoms. The highest BCUT2D eigenvalue weighted by Crippen LogP contribution is 2.33. The third-order valence-corrected chi connectivity index (χ3v) is 6.73. The normalized spacial score (nSPS) is 13.1. The Kier molecular flexibility index (Phi) is 5.74. The van der Waals surface area contributed by atoms with E-state index < -0.39 is 0 Å². The fourth-order valence-electron chi connectivity index (χ4n) is 4.20. The molecule has 3 heterocycles. The fraction of sp³-hybridized carbons (Fsp3) is 0.231. The van der Waals surface area contributed by atoms with Gasteiger partial charge in [-0.05, 0) is 17.0 Å². The van der Waals surface area contributed by atoms with Gasteiger partial charge in [-0.3, -0.25) is 9.69 Å². The van der Waals surface area contributed by atoms with E-state index in [0.29, 0.717) is 30.5 Å². The standard InChI is InChI=1S/C26H24N4O2S/c1-16(2)20-5-3-4-6-21(20)25-27-12-19-11-23(32)30(26(19)29-25)13-17-7-9-18(10-8-17)24-22(14-31)33-15-28-24/h3-10,12,15-16,31H,11,13-14H2,1-2H3. The molecule has 0 saturated heterocycles. The molecule has 2 aromatic carbocycles. The maximum absolute atomic E-state index is 12.8. The number of fused-ring (bicyclic) bond motifs is 1. The highest BCUT2D eigenvalue weighted by Gasteiger charge is 2.30. The van der Waals surface area contributed by atoms with E-state index in [1.165, 1.54) is 16.9 Å². The largest absolute Gasteiger partial charge is 0.391 e. The number of rotatable bonds is 6. The second kappa shape index (κ2) is 8.84. The SMILES string of the molecule is CC(C)c1ccccc1-c1ncc2c(n1)N(Cc1ccc(-c3ncsc3CO)cc1)C(=O)C2. The van der Waals surface area contributed by atoms with Crippen molar-refractivity contribution in [1.29, 1.82) is 0 Å². The number of carbonyl (C=O) groups excluding carboxylic acids is 1. The van der Waals surface area contributed by atoms with Gasteiger partial charge in [-0.15, -0.1) is 11.3 Å². The molecule has 0 radical (unpaired) electrons. The second-order valence-electron chi connectivity index (χ2n) is 8.42. The summed E-state index contributed by atoms with van der Waals surface area (Å²) in [6, 6.07) is 16.1. The molecule has 7 heteroatoms. The predicted molar refractivity (Wildman–Crippen MR) is 130 cm³/mol. The van der Waals surface area contributed by atoms with E-state index in [9.17, 15) is 9.90 Å². The number of amides is 1. The van der Waals surface area contributed by atoms with Crippen molar-refractivity contribution in [2.24, 2.45) is 0 Å². The zero-order chi connectivity index (χ0) is 22.9. The number of aromatic nitrogens is 3. The van der Waals surface area contributed by atoms with Gasteiger partial charge < -0.3 is 5.11 Å². The smallest absolute Gasteiger partial charge is 0.233 e. The van der Waals surface area contributed by atoms with E-state index >= 15 is 0 Å². The highest BCUT2D eigenvalue weighted by molar-refractivity contribution is 7.10. The Morgan fingerprint density at radius 3 is 2.64 bits per heavy atom. The van der Waals surface area contributed by atoms with Gasteiger partial charge in [0.1, 0.15) is 5.82 Å². The van der Waals surface area contributed by atoms with Gasteiger partial charge in [0.25, 0.3) is 0 Å². The van der Waals surface area contributed by atoms with Crippen molar-refractivity contribution in [2.75, 3.05) is 4.90 Å². The van der Waals surface area contributed by atoms with Crippen LogP contribution in [0, 0.1) is 0 Å². The average molecular weight is 457 g/mol. The molecule has 1 amide bonds. The first-order valence-electron chi connectivity index (χ1n) is 10.9.